The second-order valence-electron chi connectivity index (χ2n) is 6.84. The maximum absolute atomic E-state index is 13.8. The van der Waals surface area contributed by atoms with E-state index in [1.54, 1.807) is 20.2 Å². The molecule has 0 heterocycles. The first-order valence-corrected chi connectivity index (χ1v) is 8.00. The van der Waals surface area contributed by atoms with Crippen LogP contribution >= 0.6 is 24.0 Å². The highest BCUT2D eigenvalue weighted by molar-refractivity contribution is 14.0. The first-order valence-electron chi connectivity index (χ1n) is 8.00. The molecule has 7 heteroatoms. The van der Waals surface area contributed by atoms with Gasteiger partial charge in [0, 0.05) is 34.3 Å². The zero-order valence-electron chi connectivity index (χ0n) is 16.2. The number of benzene rings is 1. The molecule has 0 radical (unpaired) electrons. The van der Waals surface area contributed by atoms with Gasteiger partial charge in [0.25, 0.3) is 0 Å². The monoisotopic (exact) mass is 467 g/mol. The summed E-state index contributed by atoms with van der Waals surface area (Å²) in [5.41, 5.74) is 0.871. The molecule has 1 aromatic rings. The fourth-order valence-electron chi connectivity index (χ4n) is 2.47. The van der Waals surface area contributed by atoms with Gasteiger partial charge in [-0.15, -0.1) is 24.0 Å². The fraction of sp³-hybridized carbons (Fsp3) is 0.611. The summed E-state index contributed by atoms with van der Waals surface area (Å²) in [6, 6.07) is 4.96. The Labute approximate surface area is 168 Å². The molecular formula is C18H31FIN3O2. The molecule has 0 amide bonds. The van der Waals surface area contributed by atoms with E-state index < -0.39 is 0 Å². The number of aliphatic imine (C=N–C) groups is 1. The SMILES string of the molecule is CN=C(NCC(OC)C(C)(C)C)N(C)Cc1ccc(OC)c(F)c1.I. The first kappa shape index (κ1) is 23.9. The topological polar surface area (TPSA) is 46.1 Å². The highest BCUT2D eigenvalue weighted by atomic mass is 127. The van der Waals surface area contributed by atoms with Crippen molar-refractivity contribution in [1.82, 2.24) is 10.2 Å². The minimum atomic E-state index is -0.362. The normalized spacial score (nSPS) is 13.0. The Morgan fingerprint density at radius 1 is 1.32 bits per heavy atom. The maximum atomic E-state index is 13.8. The van der Waals surface area contributed by atoms with Crippen molar-refractivity contribution in [2.45, 2.75) is 33.4 Å². The Morgan fingerprint density at radius 2 is 1.96 bits per heavy atom. The standard InChI is InChI=1S/C18H30FN3O2.HI/c1-18(2,3)16(24-7)11-21-17(20-4)22(5)12-13-8-9-15(23-6)14(19)10-13;/h8-10,16H,11-12H2,1-7H3,(H,20,21);1H. The number of nitrogens with zero attached hydrogens (tertiary/aromatic N) is 2. The molecule has 25 heavy (non-hydrogen) atoms. The van der Waals surface area contributed by atoms with Crippen molar-refractivity contribution >= 4 is 29.9 Å². The van der Waals surface area contributed by atoms with Gasteiger partial charge in [-0.05, 0) is 23.1 Å². The van der Waals surface area contributed by atoms with E-state index in [1.807, 2.05) is 18.0 Å². The van der Waals surface area contributed by atoms with E-state index >= 15 is 0 Å². The van der Waals surface area contributed by atoms with Crippen LogP contribution in [-0.2, 0) is 11.3 Å². The Hall–Kier alpha value is -1.09. The number of ether oxygens (including phenoxy) is 2. The van der Waals surface area contributed by atoms with Gasteiger partial charge in [0.15, 0.2) is 17.5 Å². The van der Waals surface area contributed by atoms with E-state index in [4.69, 9.17) is 9.47 Å². The molecule has 1 N–H and O–H groups in total. The molecule has 0 saturated heterocycles. The van der Waals surface area contributed by atoms with Crippen LogP contribution in [0, 0.1) is 11.2 Å². The molecule has 1 unspecified atom stereocenters. The van der Waals surface area contributed by atoms with Crippen LogP contribution in [0.15, 0.2) is 23.2 Å². The van der Waals surface area contributed by atoms with Gasteiger partial charge >= 0.3 is 0 Å². The van der Waals surface area contributed by atoms with Gasteiger partial charge in [-0.25, -0.2) is 4.39 Å². The summed E-state index contributed by atoms with van der Waals surface area (Å²) in [5.74, 6) is 0.619. The highest BCUT2D eigenvalue weighted by Gasteiger charge is 2.24. The molecule has 0 aliphatic carbocycles. The lowest BCUT2D eigenvalue weighted by atomic mass is 9.89. The lowest BCUT2D eigenvalue weighted by Gasteiger charge is -2.31. The van der Waals surface area contributed by atoms with Crippen molar-refractivity contribution in [3.8, 4) is 5.75 Å². The summed E-state index contributed by atoms with van der Waals surface area (Å²) in [4.78, 5) is 6.23. The zero-order valence-corrected chi connectivity index (χ0v) is 18.6. The third kappa shape index (κ3) is 7.35. The Morgan fingerprint density at radius 3 is 2.40 bits per heavy atom. The van der Waals surface area contributed by atoms with Crippen LogP contribution in [0.25, 0.3) is 0 Å². The summed E-state index contributed by atoms with van der Waals surface area (Å²) in [5, 5.41) is 3.32. The third-order valence-electron chi connectivity index (χ3n) is 3.91. The largest absolute Gasteiger partial charge is 0.494 e. The Balaban J connectivity index is 0.00000576. The molecule has 0 aliphatic heterocycles. The molecule has 0 spiro atoms. The van der Waals surface area contributed by atoms with E-state index in [0.717, 1.165) is 11.5 Å². The molecule has 1 aromatic carbocycles. The second kappa shape index (κ2) is 10.8. The highest BCUT2D eigenvalue weighted by Crippen LogP contribution is 2.21. The number of methoxy groups -OCH3 is 2. The maximum Gasteiger partial charge on any atom is 0.193 e. The minimum Gasteiger partial charge on any atom is -0.494 e. The number of halogens is 2. The Bertz CT molecular complexity index is 562. The van der Waals surface area contributed by atoms with Gasteiger partial charge in [0.2, 0.25) is 0 Å². The van der Waals surface area contributed by atoms with Gasteiger partial charge in [0.1, 0.15) is 0 Å². The van der Waals surface area contributed by atoms with E-state index in [1.165, 1.54) is 13.2 Å². The van der Waals surface area contributed by atoms with Crippen molar-refractivity contribution in [3.05, 3.63) is 29.6 Å². The molecule has 0 bridgehead atoms. The summed E-state index contributed by atoms with van der Waals surface area (Å²) in [6.45, 7) is 7.59. The number of hydrogen-bond donors (Lipinski definition) is 1. The molecule has 144 valence electrons. The number of nitrogens with one attached hydrogen (secondary N) is 1. The van der Waals surface area contributed by atoms with Crippen LogP contribution in [0.2, 0.25) is 0 Å². The minimum absolute atomic E-state index is 0. The van der Waals surface area contributed by atoms with Crippen LogP contribution < -0.4 is 10.1 Å². The lowest BCUT2D eigenvalue weighted by Crippen LogP contribution is -2.45. The lowest BCUT2D eigenvalue weighted by molar-refractivity contribution is 0.0202. The summed E-state index contributed by atoms with van der Waals surface area (Å²) >= 11 is 0. The van der Waals surface area contributed by atoms with Crippen LogP contribution in [0.3, 0.4) is 0 Å². The quantitative estimate of drug-likeness (QED) is 0.395. The summed E-state index contributed by atoms with van der Waals surface area (Å²) < 4.78 is 24.3. The van der Waals surface area contributed by atoms with E-state index in [0.29, 0.717) is 13.1 Å². The van der Waals surface area contributed by atoms with Crippen molar-refractivity contribution in [3.63, 3.8) is 0 Å². The fourth-order valence-corrected chi connectivity index (χ4v) is 2.47. The predicted octanol–water partition coefficient (Wildman–Crippen LogP) is 3.52. The van der Waals surface area contributed by atoms with Crippen LogP contribution in [-0.4, -0.2) is 51.8 Å². The average molecular weight is 467 g/mol. The smallest absolute Gasteiger partial charge is 0.193 e. The van der Waals surface area contributed by atoms with Gasteiger partial charge in [0.05, 0.1) is 13.2 Å². The van der Waals surface area contributed by atoms with Crippen molar-refractivity contribution < 1.29 is 13.9 Å². The molecule has 1 rings (SSSR count). The van der Waals surface area contributed by atoms with Gasteiger partial charge in [-0.2, -0.15) is 0 Å². The van der Waals surface area contributed by atoms with Crippen molar-refractivity contribution in [2.24, 2.45) is 10.4 Å². The zero-order chi connectivity index (χ0) is 18.3. The van der Waals surface area contributed by atoms with Crippen molar-refractivity contribution in [2.75, 3.05) is 34.9 Å². The predicted molar refractivity (Wildman–Crippen MR) is 111 cm³/mol. The van der Waals surface area contributed by atoms with Gasteiger partial charge in [-0.1, -0.05) is 26.8 Å². The molecule has 1 atom stereocenters. The number of hydrogen-bond acceptors (Lipinski definition) is 3. The van der Waals surface area contributed by atoms with Crippen molar-refractivity contribution in [1.29, 1.82) is 0 Å². The molecule has 0 aromatic heterocycles. The molecule has 0 saturated carbocycles. The Kier molecular flexibility index (Phi) is 10.3. The molecule has 0 aliphatic rings. The summed E-state index contributed by atoms with van der Waals surface area (Å²) in [7, 11) is 6.81. The average Bonchev–Trinajstić information content (AvgIpc) is 2.50. The van der Waals surface area contributed by atoms with Gasteiger partial charge < -0.3 is 19.7 Å². The number of guanidine groups is 1. The van der Waals surface area contributed by atoms with Gasteiger partial charge in [-0.3, -0.25) is 4.99 Å². The van der Waals surface area contributed by atoms with E-state index in [2.05, 4.69) is 31.1 Å². The summed E-state index contributed by atoms with van der Waals surface area (Å²) in [6.07, 6.45) is 0.0566. The van der Waals surface area contributed by atoms with Crippen LogP contribution in [0.5, 0.6) is 5.75 Å². The van der Waals surface area contributed by atoms with E-state index in [-0.39, 0.29) is 47.1 Å². The van der Waals surface area contributed by atoms with Crippen LogP contribution in [0.1, 0.15) is 26.3 Å². The second-order valence-corrected chi connectivity index (χ2v) is 6.84. The van der Waals surface area contributed by atoms with Crippen LogP contribution in [0.4, 0.5) is 4.39 Å². The third-order valence-corrected chi connectivity index (χ3v) is 3.91. The molecule has 0 fully saturated rings. The first-order chi connectivity index (χ1) is 11.2. The number of rotatable bonds is 6. The molecule has 5 nitrogen and oxygen atoms in total. The molecular weight excluding hydrogens is 436 g/mol. The van der Waals surface area contributed by atoms with E-state index in [9.17, 15) is 4.39 Å².